The van der Waals surface area contributed by atoms with Gasteiger partial charge in [-0.2, -0.15) is 0 Å². The molecule has 0 fully saturated rings. The van der Waals surface area contributed by atoms with Gasteiger partial charge >= 0.3 is 0 Å². The lowest BCUT2D eigenvalue weighted by Crippen LogP contribution is -2.49. The van der Waals surface area contributed by atoms with Crippen molar-refractivity contribution in [3.8, 4) is 11.5 Å². The molecular formula is C23H27NO3. The summed E-state index contributed by atoms with van der Waals surface area (Å²) in [4.78, 5) is 15.2. The van der Waals surface area contributed by atoms with Crippen LogP contribution in [0.4, 0.5) is 5.69 Å². The van der Waals surface area contributed by atoms with Gasteiger partial charge in [-0.25, -0.2) is 0 Å². The van der Waals surface area contributed by atoms with Crippen molar-refractivity contribution in [2.24, 2.45) is 0 Å². The number of aryl methyl sites for hydroxylation is 1. The molecule has 0 radical (unpaired) electrons. The number of fused-ring (bicyclic) bond motifs is 1. The van der Waals surface area contributed by atoms with Crippen LogP contribution < -0.4 is 14.4 Å². The smallest absolute Gasteiger partial charge is 0.232 e. The van der Waals surface area contributed by atoms with Crippen molar-refractivity contribution >= 4 is 17.2 Å². The predicted octanol–water partition coefficient (Wildman–Crippen LogP) is 4.78. The molecule has 1 heterocycles. The van der Waals surface area contributed by atoms with Gasteiger partial charge in [-0.1, -0.05) is 23.8 Å². The number of hydrogen-bond donors (Lipinski definition) is 0. The molecule has 4 heteroatoms. The molecule has 0 spiro atoms. The highest BCUT2D eigenvalue weighted by Gasteiger charge is 2.35. The fourth-order valence-corrected chi connectivity index (χ4v) is 3.84. The molecule has 0 aromatic heterocycles. The standard InChI is InChI=1S/C23H27NO3/c1-15-7-9-19-18(11-15)16(2)14-23(3,4)24(19)22(25)13-17-8-10-20(26-5)21(12-17)27-6/h7-12,14H,13H2,1-6H3. The molecule has 1 aliphatic heterocycles. The van der Waals surface area contributed by atoms with E-state index in [1.54, 1.807) is 14.2 Å². The summed E-state index contributed by atoms with van der Waals surface area (Å²) in [6.07, 6.45) is 2.46. The average molecular weight is 365 g/mol. The Balaban J connectivity index is 1.97. The monoisotopic (exact) mass is 365 g/mol. The number of methoxy groups -OCH3 is 2. The number of hydrogen-bond acceptors (Lipinski definition) is 3. The third-order valence-electron chi connectivity index (χ3n) is 5.02. The van der Waals surface area contributed by atoms with E-state index >= 15 is 0 Å². The Morgan fingerprint density at radius 2 is 1.70 bits per heavy atom. The van der Waals surface area contributed by atoms with Crippen molar-refractivity contribution in [2.45, 2.75) is 39.7 Å². The SMILES string of the molecule is COc1ccc(CC(=O)N2c3ccc(C)cc3C(C)=CC2(C)C)cc1OC. The van der Waals surface area contributed by atoms with Crippen LogP contribution in [0.2, 0.25) is 0 Å². The molecule has 142 valence electrons. The second kappa shape index (κ2) is 7.10. The van der Waals surface area contributed by atoms with Crippen molar-refractivity contribution in [1.29, 1.82) is 0 Å². The first-order valence-corrected chi connectivity index (χ1v) is 9.11. The fraction of sp³-hybridized carbons (Fsp3) is 0.348. The molecule has 2 aromatic rings. The quantitative estimate of drug-likeness (QED) is 0.782. The Hall–Kier alpha value is -2.75. The summed E-state index contributed by atoms with van der Waals surface area (Å²) in [5, 5.41) is 0. The van der Waals surface area contributed by atoms with E-state index in [2.05, 4.69) is 52.0 Å². The van der Waals surface area contributed by atoms with E-state index in [1.165, 1.54) is 11.1 Å². The molecule has 0 bridgehead atoms. The highest BCUT2D eigenvalue weighted by atomic mass is 16.5. The van der Waals surface area contributed by atoms with Crippen molar-refractivity contribution in [3.63, 3.8) is 0 Å². The lowest BCUT2D eigenvalue weighted by molar-refractivity contribution is -0.118. The number of carbonyl (C=O) groups is 1. The van der Waals surface area contributed by atoms with Crippen LogP contribution in [0.25, 0.3) is 5.57 Å². The van der Waals surface area contributed by atoms with E-state index in [4.69, 9.17) is 9.47 Å². The number of amides is 1. The van der Waals surface area contributed by atoms with Gasteiger partial charge in [0.15, 0.2) is 11.5 Å². The van der Waals surface area contributed by atoms with E-state index in [0.717, 1.165) is 16.8 Å². The van der Waals surface area contributed by atoms with Gasteiger partial charge in [-0.05, 0) is 63.1 Å². The molecule has 0 aliphatic carbocycles. The summed E-state index contributed by atoms with van der Waals surface area (Å²) in [5.41, 5.74) is 4.99. The first kappa shape index (κ1) is 19.0. The Morgan fingerprint density at radius 1 is 1.00 bits per heavy atom. The fourth-order valence-electron chi connectivity index (χ4n) is 3.84. The van der Waals surface area contributed by atoms with Crippen molar-refractivity contribution < 1.29 is 14.3 Å². The van der Waals surface area contributed by atoms with Crippen LogP contribution in [-0.2, 0) is 11.2 Å². The van der Waals surface area contributed by atoms with Gasteiger partial charge in [0.2, 0.25) is 5.91 Å². The van der Waals surface area contributed by atoms with Gasteiger partial charge in [0.05, 0.1) is 31.9 Å². The molecule has 0 atom stereocenters. The summed E-state index contributed by atoms with van der Waals surface area (Å²) in [6, 6.07) is 11.9. The van der Waals surface area contributed by atoms with Gasteiger partial charge < -0.3 is 14.4 Å². The molecule has 0 unspecified atom stereocenters. The summed E-state index contributed by atoms with van der Waals surface area (Å²) in [6.45, 7) is 8.33. The highest BCUT2D eigenvalue weighted by Crippen LogP contribution is 2.40. The third-order valence-corrected chi connectivity index (χ3v) is 5.02. The number of ether oxygens (including phenoxy) is 2. The second-order valence-electron chi connectivity index (χ2n) is 7.60. The topological polar surface area (TPSA) is 38.8 Å². The third kappa shape index (κ3) is 3.57. The molecule has 3 rings (SSSR count). The van der Waals surface area contributed by atoms with Gasteiger partial charge in [0.1, 0.15) is 0 Å². The number of carbonyl (C=O) groups excluding carboxylic acids is 1. The van der Waals surface area contributed by atoms with E-state index in [1.807, 2.05) is 23.1 Å². The molecule has 4 nitrogen and oxygen atoms in total. The predicted molar refractivity (Wildman–Crippen MR) is 110 cm³/mol. The minimum absolute atomic E-state index is 0.0565. The summed E-state index contributed by atoms with van der Waals surface area (Å²) >= 11 is 0. The van der Waals surface area contributed by atoms with Crippen LogP contribution in [0.3, 0.4) is 0 Å². The number of rotatable bonds is 4. The minimum Gasteiger partial charge on any atom is -0.493 e. The van der Waals surface area contributed by atoms with Crippen LogP contribution in [0.5, 0.6) is 11.5 Å². The Morgan fingerprint density at radius 3 is 2.37 bits per heavy atom. The molecule has 0 N–H and O–H groups in total. The minimum atomic E-state index is -0.389. The van der Waals surface area contributed by atoms with Crippen LogP contribution in [0.1, 0.15) is 37.5 Å². The first-order valence-electron chi connectivity index (χ1n) is 9.11. The molecule has 27 heavy (non-hydrogen) atoms. The maximum Gasteiger partial charge on any atom is 0.232 e. The zero-order valence-corrected chi connectivity index (χ0v) is 16.9. The zero-order chi connectivity index (χ0) is 19.8. The Labute approximate surface area is 161 Å². The number of anilines is 1. The van der Waals surface area contributed by atoms with E-state index in [0.29, 0.717) is 17.9 Å². The van der Waals surface area contributed by atoms with Gasteiger partial charge in [-0.15, -0.1) is 0 Å². The maximum absolute atomic E-state index is 13.3. The van der Waals surface area contributed by atoms with Crippen molar-refractivity contribution in [1.82, 2.24) is 0 Å². The van der Waals surface area contributed by atoms with E-state index in [-0.39, 0.29) is 11.4 Å². The van der Waals surface area contributed by atoms with Gasteiger partial charge in [0.25, 0.3) is 0 Å². The van der Waals surface area contributed by atoms with Gasteiger partial charge in [-0.3, -0.25) is 4.79 Å². The van der Waals surface area contributed by atoms with Crippen molar-refractivity contribution in [2.75, 3.05) is 19.1 Å². The van der Waals surface area contributed by atoms with E-state index in [9.17, 15) is 4.79 Å². The molecule has 2 aromatic carbocycles. The Bertz CT molecular complexity index is 912. The van der Waals surface area contributed by atoms with Crippen LogP contribution in [0, 0.1) is 6.92 Å². The maximum atomic E-state index is 13.3. The number of benzene rings is 2. The second-order valence-corrected chi connectivity index (χ2v) is 7.60. The number of nitrogens with zero attached hydrogens (tertiary/aromatic N) is 1. The molecule has 0 saturated heterocycles. The molecule has 1 amide bonds. The van der Waals surface area contributed by atoms with E-state index < -0.39 is 0 Å². The molecule has 1 aliphatic rings. The summed E-state index contributed by atoms with van der Waals surface area (Å²) in [5.74, 6) is 1.35. The van der Waals surface area contributed by atoms with Gasteiger partial charge in [0, 0.05) is 5.56 Å². The normalized spacial score (nSPS) is 15.0. The van der Waals surface area contributed by atoms with Crippen LogP contribution in [0.15, 0.2) is 42.5 Å². The summed E-state index contributed by atoms with van der Waals surface area (Å²) in [7, 11) is 3.20. The lowest BCUT2D eigenvalue weighted by atomic mass is 9.87. The zero-order valence-electron chi connectivity index (χ0n) is 16.9. The number of allylic oxidation sites excluding steroid dienone is 1. The Kier molecular flexibility index (Phi) is 5.01. The molecule has 0 saturated carbocycles. The van der Waals surface area contributed by atoms with Crippen LogP contribution in [-0.4, -0.2) is 25.7 Å². The molecular weight excluding hydrogens is 338 g/mol. The largest absolute Gasteiger partial charge is 0.493 e. The average Bonchev–Trinajstić information content (AvgIpc) is 2.61. The lowest BCUT2D eigenvalue weighted by Gasteiger charge is -2.41. The first-order chi connectivity index (χ1) is 12.8. The summed E-state index contributed by atoms with van der Waals surface area (Å²) < 4.78 is 10.7. The van der Waals surface area contributed by atoms with Crippen molar-refractivity contribution in [3.05, 3.63) is 59.2 Å². The van der Waals surface area contributed by atoms with Crippen LogP contribution >= 0.6 is 0 Å². The highest BCUT2D eigenvalue weighted by molar-refractivity contribution is 6.01.